The van der Waals surface area contributed by atoms with Crippen molar-refractivity contribution in [1.82, 2.24) is 0 Å². The molecule has 4 nitrogen and oxygen atoms in total. The summed E-state index contributed by atoms with van der Waals surface area (Å²) in [6, 6.07) is 5.27. The summed E-state index contributed by atoms with van der Waals surface area (Å²) >= 11 is 5.89. The smallest absolute Gasteiger partial charge is 0.150 e. The summed E-state index contributed by atoms with van der Waals surface area (Å²) in [6.07, 6.45) is 0.561. The predicted octanol–water partition coefficient (Wildman–Crippen LogP) is 2.59. The van der Waals surface area contributed by atoms with Crippen LogP contribution in [0.15, 0.2) is 18.2 Å². The van der Waals surface area contributed by atoms with Crippen LogP contribution in [0.1, 0.15) is 13.3 Å². The normalized spacial score (nSPS) is 11.3. The largest absolute Gasteiger partial charge is 0.495 e. The second-order valence-electron chi connectivity index (χ2n) is 3.86. The van der Waals surface area contributed by atoms with Crippen molar-refractivity contribution in [3.63, 3.8) is 0 Å². The van der Waals surface area contributed by atoms with Gasteiger partial charge in [-0.1, -0.05) is 18.5 Å². The van der Waals surface area contributed by atoms with Crippen molar-refractivity contribution in [2.75, 3.05) is 30.5 Å². The van der Waals surface area contributed by atoms with Gasteiger partial charge >= 0.3 is 0 Å². The second-order valence-corrected chi connectivity index (χ2v) is 6.77. The van der Waals surface area contributed by atoms with Gasteiger partial charge < -0.3 is 10.1 Å². The number of ether oxygens (including phenoxy) is 1. The Kier molecular flexibility index (Phi) is 5.75. The molecule has 102 valence electrons. The van der Waals surface area contributed by atoms with Crippen LogP contribution in [-0.2, 0) is 9.84 Å². The molecular formula is C12H18ClNO3S. The molecule has 0 amide bonds. The standard InChI is InChI=1S/C12H18ClNO3S/c1-3-18(15,16)8-4-7-14-11-9-10(13)5-6-12(11)17-2/h5-6,9,14H,3-4,7-8H2,1-2H3. The predicted molar refractivity (Wildman–Crippen MR) is 75.4 cm³/mol. The van der Waals surface area contributed by atoms with Crippen LogP contribution in [0.4, 0.5) is 5.69 Å². The maximum Gasteiger partial charge on any atom is 0.150 e. The Morgan fingerprint density at radius 1 is 1.39 bits per heavy atom. The van der Waals surface area contributed by atoms with Crippen molar-refractivity contribution in [2.45, 2.75) is 13.3 Å². The van der Waals surface area contributed by atoms with Gasteiger partial charge in [0, 0.05) is 17.3 Å². The molecule has 0 aliphatic rings. The zero-order valence-electron chi connectivity index (χ0n) is 10.6. The van der Waals surface area contributed by atoms with E-state index in [9.17, 15) is 8.42 Å². The number of hydrogen-bond donors (Lipinski definition) is 1. The first-order valence-corrected chi connectivity index (χ1v) is 7.96. The Bertz CT molecular complexity index is 488. The summed E-state index contributed by atoms with van der Waals surface area (Å²) < 4.78 is 27.8. The molecule has 6 heteroatoms. The highest BCUT2D eigenvalue weighted by Gasteiger charge is 2.07. The molecule has 18 heavy (non-hydrogen) atoms. The van der Waals surface area contributed by atoms with E-state index in [1.807, 2.05) is 0 Å². The molecule has 0 unspecified atom stereocenters. The molecule has 0 atom stereocenters. The van der Waals surface area contributed by atoms with Crippen molar-refractivity contribution >= 4 is 27.1 Å². The highest BCUT2D eigenvalue weighted by atomic mass is 35.5. The van der Waals surface area contributed by atoms with Crippen molar-refractivity contribution in [3.8, 4) is 5.75 Å². The van der Waals surface area contributed by atoms with Crippen LogP contribution in [0, 0.1) is 0 Å². The molecule has 1 aromatic carbocycles. The number of sulfone groups is 1. The Morgan fingerprint density at radius 2 is 2.11 bits per heavy atom. The number of rotatable bonds is 7. The lowest BCUT2D eigenvalue weighted by atomic mass is 10.3. The number of hydrogen-bond acceptors (Lipinski definition) is 4. The number of halogens is 1. The van der Waals surface area contributed by atoms with Gasteiger partial charge in [0.1, 0.15) is 15.6 Å². The molecule has 0 spiro atoms. The van der Waals surface area contributed by atoms with Gasteiger partial charge in [0.15, 0.2) is 0 Å². The van der Waals surface area contributed by atoms with E-state index in [2.05, 4.69) is 5.32 Å². The van der Waals surface area contributed by atoms with Crippen LogP contribution in [0.5, 0.6) is 5.75 Å². The lowest BCUT2D eigenvalue weighted by Crippen LogP contribution is -2.13. The van der Waals surface area contributed by atoms with Gasteiger partial charge in [0.05, 0.1) is 18.6 Å². The Hall–Kier alpha value is -0.940. The highest BCUT2D eigenvalue weighted by molar-refractivity contribution is 7.91. The molecule has 0 saturated heterocycles. The zero-order valence-corrected chi connectivity index (χ0v) is 12.1. The third kappa shape index (κ3) is 4.74. The lowest BCUT2D eigenvalue weighted by molar-refractivity contribution is 0.416. The maximum absolute atomic E-state index is 11.3. The van der Waals surface area contributed by atoms with Crippen LogP contribution in [0.25, 0.3) is 0 Å². The molecular weight excluding hydrogens is 274 g/mol. The summed E-state index contributed by atoms with van der Waals surface area (Å²) in [5.74, 6) is 1.07. The van der Waals surface area contributed by atoms with E-state index in [4.69, 9.17) is 16.3 Å². The van der Waals surface area contributed by atoms with Crippen molar-refractivity contribution < 1.29 is 13.2 Å². The van der Waals surface area contributed by atoms with Crippen LogP contribution in [0.2, 0.25) is 5.02 Å². The van der Waals surface area contributed by atoms with Gasteiger partial charge in [-0.05, 0) is 24.6 Å². The van der Waals surface area contributed by atoms with E-state index in [1.54, 1.807) is 32.2 Å². The third-order valence-electron chi connectivity index (χ3n) is 2.55. The van der Waals surface area contributed by atoms with Crippen LogP contribution >= 0.6 is 11.6 Å². The van der Waals surface area contributed by atoms with Gasteiger partial charge in [-0.25, -0.2) is 8.42 Å². The topological polar surface area (TPSA) is 55.4 Å². The molecule has 0 aromatic heterocycles. The SMILES string of the molecule is CCS(=O)(=O)CCCNc1cc(Cl)ccc1OC. The van der Waals surface area contributed by atoms with Crippen LogP contribution in [-0.4, -0.2) is 33.6 Å². The van der Waals surface area contributed by atoms with E-state index < -0.39 is 9.84 Å². The molecule has 0 aliphatic carbocycles. The van der Waals surface area contributed by atoms with Crippen molar-refractivity contribution in [3.05, 3.63) is 23.2 Å². The Labute approximate surface area is 113 Å². The average Bonchev–Trinajstić information content (AvgIpc) is 2.35. The highest BCUT2D eigenvalue weighted by Crippen LogP contribution is 2.27. The molecule has 0 aliphatic heterocycles. The number of benzene rings is 1. The van der Waals surface area contributed by atoms with Crippen molar-refractivity contribution in [1.29, 1.82) is 0 Å². The van der Waals surface area contributed by atoms with E-state index in [1.165, 1.54) is 0 Å². The minimum absolute atomic E-state index is 0.188. The molecule has 1 aromatic rings. The summed E-state index contributed by atoms with van der Waals surface area (Å²) in [4.78, 5) is 0. The van der Waals surface area contributed by atoms with Crippen molar-refractivity contribution in [2.24, 2.45) is 0 Å². The second kappa shape index (κ2) is 6.85. The fourth-order valence-corrected chi connectivity index (χ4v) is 2.52. The molecule has 0 saturated carbocycles. The minimum Gasteiger partial charge on any atom is -0.495 e. The monoisotopic (exact) mass is 291 g/mol. The summed E-state index contributed by atoms with van der Waals surface area (Å²) in [6.45, 7) is 2.22. The fraction of sp³-hybridized carbons (Fsp3) is 0.500. The molecule has 0 fully saturated rings. The molecule has 0 heterocycles. The van der Waals surface area contributed by atoms with E-state index in [0.717, 1.165) is 5.69 Å². The zero-order chi connectivity index (χ0) is 13.6. The minimum atomic E-state index is -2.90. The van der Waals surface area contributed by atoms with E-state index in [0.29, 0.717) is 23.7 Å². The number of methoxy groups -OCH3 is 1. The molecule has 0 radical (unpaired) electrons. The Balaban J connectivity index is 2.51. The first-order valence-electron chi connectivity index (χ1n) is 5.76. The van der Waals surface area contributed by atoms with Gasteiger partial charge in [0.25, 0.3) is 0 Å². The fourth-order valence-electron chi connectivity index (χ4n) is 1.48. The van der Waals surface area contributed by atoms with Crippen LogP contribution < -0.4 is 10.1 Å². The summed E-state index contributed by atoms with van der Waals surface area (Å²) in [5.41, 5.74) is 0.777. The van der Waals surface area contributed by atoms with E-state index in [-0.39, 0.29) is 11.5 Å². The first-order chi connectivity index (χ1) is 8.48. The van der Waals surface area contributed by atoms with Gasteiger partial charge in [-0.3, -0.25) is 0 Å². The molecule has 1 rings (SSSR count). The van der Waals surface area contributed by atoms with Gasteiger partial charge in [-0.15, -0.1) is 0 Å². The molecule has 0 bridgehead atoms. The lowest BCUT2D eigenvalue weighted by Gasteiger charge is -2.11. The summed E-state index contributed by atoms with van der Waals surface area (Å²) in [5, 5.41) is 3.74. The average molecular weight is 292 g/mol. The van der Waals surface area contributed by atoms with E-state index >= 15 is 0 Å². The number of nitrogens with one attached hydrogen (secondary N) is 1. The summed E-state index contributed by atoms with van der Waals surface area (Å²) in [7, 11) is -1.32. The first kappa shape index (κ1) is 15.1. The van der Waals surface area contributed by atoms with Gasteiger partial charge in [-0.2, -0.15) is 0 Å². The van der Waals surface area contributed by atoms with Gasteiger partial charge in [0.2, 0.25) is 0 Å². The number of anilines is 1. The third-order valence-corrected chi connectivity index (χ3v) is 4.57. The quantitative estimate of drug-likeness (QED) is 0.785. The maximum atomic E-state index is 11.3. The Morgan fingerprint density at radius 3 is 2.72 bits per heavy atom. The molecule has 1 N–H and O–H groups in total. The van der Waals surface area contributed by atoms with Crippen LogP contribution in [0.3, 0.4) is 0 Å².